The third kappa shape index (κ3) is 4.89. The second-order valence-electron chi connectivity index (χ2n) is 4.26. The predicted octanol–water partition coefficient (Wildman–Crippen LogP) is 2.31. The highest BCUT2D eigenvalue weighted by Crippen LogP contribution is 2.16. The normalized spacial score (nSPS) is 13.8. The van der Waals surface area contributed by atoms with Crippen LogP contribution in [0.5, 0.6) is 0 Å². The minimum Gasteiger partial charge on any atom is -0.463 e. The molecule has 0 radical (unpaired) electrons. The summed E-state index contributed by atoms with van der Waals surface area (Å²) < 4.78 is 15.5. The van der Waals surface area contributed by atoms with Crippen LogP contribution in [0.3, 0.4) is 0 Å². The molecule has 0 saturated carbocycles. The van der Waals surface area contributed by atoms with E-state index in [2.05, 4.69) is 16.6 Å². The van der Waals surface area contributed by atoms with E-state index in [0.29, 0.717) is 18.9 Å². The molecule has 19 heavy (non-hydrogen) atoms. The molecule has 5 nitrogen and oxygen atoms in total. The molecule has 1 heterocycles. The molecular weight excluding hydrogens is 246 g/mol. The van der Waals surface area contributed by atoms with Crippen molar-refractivity contribution in [1.29, 1.82) is 0 Å². The van der Waals surface area contributed by atoms with Crippen molar-refractivity contribution in [2.45, 2.75) is 26.0 Å². The van der Waals surface area contributed by atoms with E-state index in [1.807, 2.05) is 13.8 Å². The first kappa shape index (κ1) is 15.5. The summed E-state index contributed by atoms with van der Waals surface area (Å²) in [7, 11) is 1.32. The first-order valence-corrected chi connectivity index (χ1v) is 6.22. The average molecular weight is 267 g/mol. The Labute approximate surface area is 113 Å². The van der Waals surface area contributed by atoms with Crippen LogP contribution in [-0.2, 0) is 9.47 Å². The maximum absolute atomic E-state index is 11.3. The van der Waals surface area contributed by atoms with Gasteiger partial charge in [0.25, 0.3) is 0 Å². The van der Waals surface area contributed by atoms with E-state index in [0.717, 1.165) is 0 Å². The van der Waals surface area contributed by atoms with Crippen molar-refractivity contribution in [3.63, 3.8) is 0 Å². The van der Waals surface area contributed by atoms with Crippen LogP contribution in [0.25, 0.3) is 0 Å². The van der Waals surface area contributed by atoms with E-state index in [1.54, 1.807) is 18.2 Å². The molecular formula is C14H21NO4. The van der Waals surface area contributed by atoms with E-state index in [1.165, 1.54) is 7.11 Å². The molecule has 0 aliphatic rings. The van der Waals surface area contributed by atoms with Crippen molar-refractivity contribution in [3.8, 4) is 0 Å². The number of nitrogens with one attached hydrogen (secondary N) is 1. The summed E-state index contributed by atoms with van der Waals surface area (Å²) in [6.45, 7) is 8.75. The Morgan fingerprint density at radius 1 is 1.53 bits per heavy atom. The molecule has 0 aliphatic heterocycles. The number of hydrogen-bond acceptors (Lipinski definition) is 5. The third-order valence-electron chi connectivity index (χ3n) is 2.65. The summed E-state index contributed by atoms with van der Waals surface area (Å²) in [4.78, 5) is 11.3. The van der Waals surface area contributed by atoms with Gasteiger partial charge in [0.1, 0.15) is 5.76 Å². The number of furan rings is 1. The summed E-state index contributed by atoms with van der Waals surface area (Å²) in [6.07, 6.45) is 1.80. The van der Waals surface area contributed by atoms with E-state index < -0.39 is 5.97 Å². The minimum atomic E-state index is -0.471. The maximum Gasteiger partial charge on any atom is 0.373 e. The molecule has 2 atom stereocenters. The molecule has 0 aliphatic carbocycles. The van der Waals surface area contributed by atoms with Gasteiger partial charge in [-0.1, -0.05) is 6.08 Å². The number of esters is 1. The summed E-state index contributed by atoms with van der Waals surface area (Å²) in [5.74, 6) is 0.430. The van der Waals surface area contributed by atoms with Crippen molar-refractivity contribution < 1.29 is 18.7 Å². The molecule has 5 heteroatoms. The van der Waals surface area contributed by atoms with Crippen molar-refractivity contribution in [2.75, 3.05) is 20.3 Å². The number of carbonyl (C=O) groups is 1. The highest BCUT2D eigenvalue weighted by atomic mass is 16.5. The third-order valence-corrected chi connectivity index (χ3v) is 2.65. The lowest BCUT2D eigenvalue weighted by Crippen LogP contribution is -2.29. The van der Waals surface area contributed by atoms with Gasteiger partial charge in [-0.2, -0.15) is 0 Å². The fourth-order valence-electron chi connectivity index (χ4n) is 1.53. The Balaban J connectivity index is 2.44. The van der Waals surface area contributed by atoms with Gasteiger partial charge in [0, 0.05) is 6.54 Å². The zero-order chi connectivity index (χ0) is 14.3. The molecule has 0 aromatic carbocycles. The minimum absolute atomic E-state index is 0.00631. The quantitative estimate of drug-likeness (QED) is 0.578. The molecule has 1 aromatic rings. The van der Waals surface area contributed by atoms with Crippen LogP contribution in [0.15, 0.2) is 29.2 Å². The van der Waals surface area contributed by atoms with Crippen LogP contribution < -0.4 is 5.32 Å². The summed E-state index contributed by atoms with van der Waals surface area (Å²) >= 11 is 0. The van der Waals surface area contributed by atoms with Gasteiger partial charge < -0.3 is 19.2 Å². The number of ether oxygens (including phenoxy) is 2. The first-order valence-electron chi connectivity index (χ1n) is 6.22. The van der Waals surface area contributed by atoms with Gasteiger partial charge in [-0.3, -0.25) is 0 Å². The molecule has 1 rings (SSSR count). The van der Waals surface area contributed by atoms with Crippen LogP contribution >= 0.6 is 0 Å². The maximum atomic E-state index is 11.3. The van der Waals surface area contributed by atoms with Crippen molar-refractivity contribution in [3.05, 3.63) is 36.3 Å². The Kier molecular flexibility index (Phi) is 6.32. The zero-order valence-electron chi connectivity index (χ0n) is 11.6. The standard InChI is InChI=1S/C14H21NO4/c1-5-8-18-10(2)9-15-11(3)12-6-7-13(19-12)14(16)17-4/h5-7,10-11,15H,1,8-9H2,2-4H3. The van der Waals surface area contributed by atoms with Crippen molar-refractivity contribution >= 4 is 5.97 Å². The fraction of sp³-hybridized carbons (Fsp3) is 0.500. The largest absolute Gasteiger partial charge is 0.463 e. The molecule has 0 spiro atoms. The molecule has 0 amide bonds. The first-order chi connectivity index (χ1) is 9.08. The monoisotopic (exact) mass is 267 g/mol. The van der Waals surface area contributed by atoms with Crippen molar-refractivity contribution in [2.24, 2.45) is 0 Å². The second-order valence-corrected chi connectivity index (χ2v) is 4.26. The van der Waals surface area contributed by atoms with Gasteiger partial charge >= 0.3 is 5.97 Å². The Morgan fingerprint density at radius 2 is 2.26 bits per heavy atom. The van der Waals surface area contributed by atoms with Gasteiger partial charge in [0.05, 0.1) is 25.9 Å². The Bertz CT molecular complexity index is 413. The SMILES string of the molecule is C=CCOC(C)CNC(C)c1ccc(C(=O)OC)o1. The molecule has 106 valence electrons. The summed E-state index contributed by atoms with van der Waals surface area (Å²) in [5, 5.41) is 3.27. The Morgan fingerprint density at radius 3 is 2.89 bits per heavy atom. The van der Waals surface area contributed by atoms with Crippen LogP contribution in [0.1, 0.15) is 36.2 Å². The highest BCUT2D eigenvalue weighted by molar-refractivity contribution is 5.86. The van der Waals surface area contributed by atoms with Gasteiger partial charge in [-0.15, -0.1) is 6.58 Å². The van der Waals surface area contributed by atoms with Crippen LogP contribution in [0.4, 0.5) is 0 Å². The van der Waals surface area contributed by atoms with E-state index in [4.69, 9.17) is 9.15 Å². The predicted molar refractivity (Wildman–Crippen MR) is 72.1 cm³/mol. The molecule has 1 N–H and O–H groups in total. The lowest BCUT2D eigenvalue weighted by atomic mass is 10.2. The van der Waals surface area contributed by atoms with Crippen LogP contribution in [0.2, 0.25) is 0 Å². The second kappa shape index (κ2) is 7.76. The van der Waals surface area contributed by atoms with E-state index in [9.17, 15) is 4.79 Å². The van der Waals surface area contributed by atoms with E-state index in [-0.39, 0.29) is 17.9 Å². The van der Waals surface area contributed by atoms with Crippen LogP contribution in [0, 0.1) is 0 Å². The average Bonchev–Trinajstić information content (AvgIpc) is 2.91. The van der Waals surface area contributed by atoms with Gasteiger partial charge in [0.2, 0.25) is 5.76 Å². The molecule has 0 saturated heterocycles. The lowest BCUT2D eigenvalue weighted by Gasteiger charge is -2.16. The number of rotatable bonds is 8. The lowest BCUT2D eigenvalue weighted by molar-refractivity contribution is 0.0561. The topological polar surface area (TPSA) is 60.7 Å². The summed E-state index contributed by atoms with van der Waals surface area (Å²) in [5.41, 5.74) is 0. The molecule has 1 aromatic heterocycles. The Hall–Kier alpha value is -1.59. The molecule has 0 fully saturated rings. The van der Waals surface area contributed by atoms with Gasteiger partial charge in [0.15, 0.2) is 0 Å². The molecule has 2 unspecified atom stereocenters. The van der Waals surface area contributed by atoms with Gasteiger partial charge in [-0.05, 0) is 26.0 Å². The highest BCUT2D eigenvalue weighted by Gasteiger charge is 2.15. The zero-order valence-corrected chi connectivity index (χ0v) is 11.6. The van der Waals surface area contributed by atoms with Crippen molar-refractivity contribution in [1.82, 2.24) is 5.32 Å². The van der Waals surface area contributed by atoms with Crippen LogP contribution in [-0.4, -0.2) is 32.3 Å². The fourth-order valence-corrected chi connectivity index (χ4v) is 1.53. The van der Waals surface area contributed by atoms with E-state index >= 15 is 0 Å². The smallest absolute Gasteiger partial charge is 0.373 e. The summed E-state index contributed by atoms with van der Waals surface area (Å²) in [6, 6.07) is 3.36. The number of methoxy groups -OCH3 is 1. The number of carbonyl (C=O) groups excluding carboxylic acids is 1. The number of hydrogen-bond donors (Lipinski definition) is 1. The molecule has 0 bridgehead atoms. The van der Waals surface area contributed by atoms with Gasteiger partial charge in [-0.25, -0.2) is 4.79 Å².